The lowest BCUT2D eigenvalue weighted by atomic mass is 10.0. The summed E-state index contributed by atoms with van der Waals surface area (Å²) in [6, 6.07) is 5.31. The molecule has 1 aliphatic heterocycles. The Hall–Kier alpha value is -1.90. The first-order valence-corrected chi connectivity index (χ1v) is 17.6. The standard InChI is InChI=1S/C33H52ClN3O4S/c1-2-3-4-5-6-7-8-9-10-11-12-13-14-15-16-17-32(39)41-25-24-35-20-22-36(23-21-35)31(38)27-37-29-26-28(34)18-19-30(29)42-33(37)40/h18-19,26H,2-17,20-25,27H2,1H3. The zero-order valence-corrected chi connectivity index (χ0v) is 27.3. The van der Waals surface area contributed by atoms with E-state index in [9.17, 15) is 14.4 Å². The van der Waals surface area contributed by atoms with Crippen molar-refractivity contribution in [1.29, 1.82) is 0 Å². The molecule has 0 radical (unpaired) electrons. The number of hydrogen-bond donors (Lipinski definition) is 0. The largest absolute Gasteiger partial charge is 0.464 e. The highest BCUT2D eigenvalue weighted by Crippen LogP contribution is 2.22. The van der Waals surface area contributed by atoms with Crippen LogP contribution in [0.1, 0.15) is 110 Å². The van der Waals surface area contributed by atoms with Gasteiger partial charge >= 0.3 is 10.8 Å². The molecular formula is C33H52ClN3O4S. The molecule has 236 valence electrons. The number of benzene rings is 1. The second kappa shape index (κ2) is 20.1. The maximum absolute atomic E-state index is 12.9. The molecular weight excluding hydrogens is 570 g/mol. The molecule has 0 saturated carbocycles. The van der Waals surface area contributed by atoms with Gasteiger partial charge in [0.05, 0.1) is 10.2 Å². The number of halogens is 1. The van der Waals surface area contributed by atoms with Crippen molar-refractivity contribution in [3.05, 3.63) is 32.9 Å². The van der Waals surface area contributed by atoms with Crippen LogP contribution in [0.5, 0.6) is 0 Å². The minimum atomic E-state index is -0.148. The Morgan fingerprint density at radius 1 is 0.833 bits per heavy atom. The van der Waals surface area contributed by atoms with Crippen molar-refractivity contribution in [3.8, 4) is 0 Å². The van der Waals surface area contributed by atoms with E-state index in [-0.39, 0.29) is 23.3 Å². The molecule has 42 heavy (non-hydrogen) atoms. The fourth-order valence-electron chi connectivity index (χ4n) is 5.64. The molecule has 0 bridgehead atoms. The predicted molar refractivity (Wildman–Crippen MR) is 175 cm³/mol. The summed E-state index contributed by atoms with van der Waals surface area (Å²) < 4.78 is 7.81. The molecule has 2 aromatic rings. The van der Waals surface area contributed by atoms with E-state index >= 15 is 0 Å². The van der Waals surface area contributed by atoms with Gasteiger partial charge in [0.25, 0.3) is 0 Å². The number of fused-ring (bicyclic) bond motifs is 1. The number of thiazole rings is 1. The SMILES string of the molecule is CCCCCCCCCCCCCCCCCC(=O)OCCN1CCN(C(=O)Cn2c(=O)sc3ccc(Cl)cc32)CC1. The number of carbonyl (C=O) groups is 2. The van der Waals surface area contributed by atoms with E-state index in [1.165, 1.54) is 88.0 Å². The first-order chi connectivity index (χ1) is 20.5. The fraction of sp³-hybridized carbons (Fsp3) is 0.727. The third-order valence-electron chi connectivity index (χ3n) is 8.30. The lowest BCUT2D eigenvalue weighted by Gasteiger charge is -2.34. The van der Waals surface area contributed by atoms with Gasteiger partial charge in [-0.2, -0.15) is 0 Å². The molecule has 1 amide bonds. The van der Waals surface area contributed by atoms with Crippen LogP contribution in [0.2, 0.25) is 5.02 Å². The van der Waals surface area contributed by atoms with Crippen molar-refractivity contribution in [2.24, 2.45) is 0 Å². The van der Waals surface area contributed by atoms with Gasteiger partial charge < -0.3 is 9.64 Å². The molecule has 1 aromatic carbocycles. The second-order valence-corrected chi connectivity index (χ2v) is 13.1. The Bertz CT molecular complexity index is 1130. The summed E-state index contributed by atoms with van der Waals surface area (Å²) in [5.74, 6) is -0.168. The van der Waals surface area contributed by atoms with Crippen LogP contribution < -0.4 is 4.87 Å². The molecule has 1 saturated heterocycles. The molecule has 3 rings (SSSR count). The average molecular weight is 622 g/mol. The Morgan fingerprint density at radius 3 is 2.00 bits per heavy atom. The minimum Gasteiger partial charge on any atom is -0.464 e. The third-order valence-corrected chi connectivity index (χ3v) is 9.50. The van der Waals surface area contributed by atoms with Gasteiger partial charge in [-0.05, 0) is 24.6 Å². The topological polar surface area (TPSA) is 71.8 Å². The first-order valence-electron chi connectivity index (χ1n) is 16.4. The Labute approximate surface area is 261 Å². The van der Waals surface area contributed by atoms with Gasteiger partial charge in [0.15, 0.2) is 0 Å². The van der Waals surface area contributed by atoms with Crippen LogP contribution in [0.25, 0.3) is 10.2 Å². The van der Waals surface area contributed by atoms with Crippen LogP contribution in [0, 0.1) is 0 Å². The number of amides is 1. The van der Waals surface area contributed by atoms with E-state index in [0.29, 0.717) is 43.2 Å². The van der Waals surface area contributed by atoms with Gasteiger partial charge in [-0.1, -0.05) is 120 Å². The van der Waals surface area contributed by atoms with Crippen LogP contribution in [-0.4, -0.2) is 65.6 Å². The lowest BCUT2D eigenvalue weighted by Crippen LogP contribution is -2.50. The number of hydrogen-bond acceptors (Lipinski definition) is 6. The zero-order valence-electron chi connectivity index (χ0n) is 25.8. The van der Waals surface area contributed by atoms with E-state index in [2.05, 4.69) is 11.8 Å². The minimum absolute atomic E-state index is 0.0239. The van der Waals surface area contributed by atoms with Gasteiger partial charge in [0.2, 0.25) is 5.91 Å². The van der Waals surface area contributed by atoms with Crippen molar-refractivity contribution < 1.29 is 14.3 Å². The molecule has 1 aliphatic rings. The van der Waals surface area contributed by atoms with E-state index in [0.717, 1.165) is 42.0 Å². The molecule has 1 fully saturated rings. The predicted octanol–water partition coefficient (Wildman–Crippen LogP) is 7.67. The molecule has 0 atom stereocenters. The van der Waals surface area contributed by atoms with E-state index in [1.807, 2.05) is 6.07 Å². The highest BCUT2D eigenvalue weighted by atomic mass is 35.5. The van der Waals surface area contributed by atoms with Crippen LogP contribution >= 0.6 is 22.9 Å². The highest BCUT2D eigenvalue weighted by molar-refractivity contribution is 7.16. The van der Waals surface area contributed by atoms with Gasteiger partial charge in [0.1, 0.15) is 13.2 Å². The molecule has 0 unspecified atom stereocenters. The molecule has 0 N–H and O–H groups in total. The average Bonchev–Trinajstić information content (AvgIpc) is 3.29. The fourth-order valence-corrected chi connectivity index (χ4v) is 6.68. The van der Waals surface area contributed by atoms with Crippen molar-refractivity contribution in [2.45, 2.75) is 116 Å². The number of aromatic nitrogens is 1. The van der Waals surface area contributed by atoms with Gasteiger partial charge in [-0.3, -0.25) is 23.9 Å². The van der Waals surface area contributed by atoms with Crippen LogP contribution in [0.15, 0.2) is 23.0 Å². The molecule has 9 heteroatoms. The summed E-state index contributed by atoms with van der Waals surface area (Å²) in [6.45, 7) is 6.03. The summed E-state index contributed by atoms with van der Waals surface area (Å²) in [5.41, 5.74) is 0.704. The third kappa shape index (κ3) is 12.8. The van der Waals surface area contributed by atoms with E-state index < -0.39 is 0 Å². The Balaban J connectivity index is 1.14. The number of carbonyl (C=O) groups excluding carboxylic acids is 2. The Kier molecular flexibility index (Phi) is 16.6. The van der Waals surface area contributed by atoms with Crippen molar-refractivity contribution in [2.75, 3.05) is 39.3 Å². The molecule has 1 aromatic heterocycles. The number of esters is 1. The normalized spacial score (nSPS) is 14.1. The maximum atomic E-state index is 12.9. The number of nitrogens with zero attached hydrogens (tertiary/aromatic N) is 3. The van der Waals surface area contributed by atoms with Gasteiger partial charge in [-0.15, -0.1) is 0 Å². The smallest absolute Gasteiger partial charge is 0.308 e. The number of ether oxygens (including phenoxy) is 1. The highest BCUT2D eigenvalue weighted by Gasteiger charge is 2.22. The van der Waals surface area contributed by atoms with E-state index in [4.69, 9.17) is 16.3 Å². The lowest BCUT2D eigenvalue weighted by molar-refractivity contribution is -0.144. The van der Waals surface area contributed by atoms with Gasteiger partial charge in [-0.25, -0.2) is 0 Å². The van der Waals surface area contributed by atoms with Crippen molar-refractivity contribution in [3.63, 3.8) is 0 Å². The zero-order chi connectivity index (χ0) is 30.0. The summed E-state index contributed by atoms with van der Waals surface area (Å²) in [5, 5.41) is 0.547. The molecule has 0 spiro atoms. The summed E-state index contributed by atoms with van der Waals surface area (Å²) in [6.07, 6.45) is 20.2. The number of rotatable bonds is 21. The summed E-state index contributed by atoms with van der Waals surface area (Å²) in [4.78, 5) is 41.3. The van der Waals surface area contributed by atoms with E-state index in [1.54, 1.807) is 17.0 Å². The van der Waals surface area contributed by atoms with Crippen molar-refractivity contribution >= 4 is 45.0 Å². The number of unbranched alkanes of at least 4 members (excludes halogenated alkanes) is 14. The first kappa shape index (κ1) is 34.6. The van der Waals surface area contributed by atoms with Crippen LogP contribution in [0.4, 0.5) is 0 Å². The summed E-state index contributed by atoms with van der Waals surface area (Å²) >= 11 is 7.23. The van der Waals surface area contributed by atoms with Crippen LogP contribution in [-0.2, 0) is 20.9 Å². The quantitative estimate of drug-likeness (QED) is 0.106. The Morgan fingerprint density at radius 2 is 1.40 bits per heavy atom. The monoisotopic (exact) mass is 621 g/mol. The second-order valence-electron chi connectivity index (χ2n) is 11.7. The molecule has 7 nitrogen and oxygen atoms in total. The molecule has 0 aliphatic carbocycles. The van der Waals surface area contributed by atoms with Crippen LogP contribution in [0.3, 0.4) is 0 Å². The maximum Gasteiger partial charge on any atom is 0.308 e. The van der Waals surface area contributed by atoms with Crippen molar-refractivity contribution in [1.82, 2.24) is 14.4 Å². The number of piperazine rings is 1. The van der Waals surface area contributed by atoms with Gasteiger partial charge in [0, 0.05) is 44.2 Å². The molecule has 2 heterocycles. The summed E-state index contributed by atoms with van der Waals surface area (Å²) in [7, 11) is 0.